The molecule has 0 aliphatic carbocycles. The molecule has 0 saturated carbocycles. The molecular weight excluding hydrogens is 1290 g/mol. The Morgan fingerprint density at radius 3 is 1.34 bits per heavy atom. The van der Waals surface area contributed by atoms with Crippen molar-refractivity contribution in [3.63, 3.8) is 0 Å². The van der Waals surface area contributed by atoms with Gasteiger partial charge in [0, 0.05) is 123 Å². The first-order chi connectivity index (χ1) is 50.8. The number of fused-ring (bicyclic) bond motifs is 3. The van der Waals surface area contributed by atoms with Crippen molar-refractivity contribution in [3.8, 4) is 11.5 Å². The van der Waals surface area contributed by atoms with Crippen molar-refractivity contribution in [1.82, 2.24) is 34.3 Å². The Kier molecular flexibility index (Phi) is 29.5. The summed E-state index contributed by atoms with van der Waals surface area (Å²) in [6, 6.07) is 84.3. The Balaban J connectivity index is 0.000000140. The molecule has 0 spiro atoms. The van der Waals surface area contributed by atoms with Crippen molar-refractivity contribution in [1.29, 1.82) is 0 Å². The highest BCUT2D eigenvalue weighted by atomic mass is 19.1. The van der Waals surface area contributed by atoms with Gasteiger partial charge in [0.2, 0.25) is 5.91 Å². The summed E-state index contributed by atoms with van der Waals surface area (Å²) in [5.41, 5.74) is 14.3. The minimum absolute atomic E-state index is 0.0112. The first-order valence-electron chi connectivity index (χ1n) is 36.7. The largest absolute Gasteiger partial charge is 0.497 e. The molecule has 0 bridgehead atoms. The van der Waals surface area contributed by atoms with Gasteiger partial charge in [-0.2, -0.15) is 0 Å². The van der Waals surface area contributed by atoms with Crippen molar-refractivity contribution in [2.45, 2.75) is 50.2 Å². The third-order valence-corrected chi connectivity index (χ3v) is 20.3. The van der Waals surface area contributed by atoms with E-state index in [0.29, 0.717) is 12.0 Å². The zero-order valence-corrected chi connectivity index (χ0v) is 61.7. The highest BCUT2D eigenvalue weighted by Gasteiger charge is 2.30. The van der Waals surface area contributed by atoms with Crippen LogP contribution in [0.25, 0.3) is 10.8 Å². The molecule has 2 fully saturated rings. The lowest BCUT2D eigenvalue weighted by Crippen LogP contribution is -2.47. The summed E-state index contributed by atoms with van der Waals surface area (Å²) < 4.78 is 37.4. The number of amides is 1. The molecule has 10 aromatic carbocycles. The molecule has 10 aromatic rings. The zero-order valence-electron chi connectivity index (χ0n) is 61.7. The standard InChI is InChI=1S/C20H22F2N2.C20H24N2.C19H21NO2.C18H21NO.C15H17N/c1-2-11-23-12-14-24(15-13-23)20(16-3-7-18(21)8-4-16)17-5-9-19(22)10-6-17;1-2-13-21-14-16-22(17-15-21)20(18-9-5-3-6-10-18)19-11-7-4-8-12-19;1-14(21)20-11-10-16-8-9-17(22-2)12-18(16)19(13-20)15-6-4-3-5-7-15;1-19-11-10-15-8-9-16(20-2)12-17(15)18(13-19)14-6-4-3-5-7-14;1-3-11-16(2)12-14-9-6-8-13-7-4-5-10-15(13)14/h2-10,20H,1,11-15H2;2-12,20H,1,13-17H2;3-9,12,19H,10-11,13H2,1-2H3;3-9,12,18H,10-11,13H2,1-2H3;3-10H,1,11-12H2,2H3. The van der Waals surface area contributed by atoms with Crippen LogP contribution in [0, 0.1) is 11.6 Å². The number of ether oxygens (including phenoxy) is 2. The maximum absolute atomic E-state index is 13.3. The van der Waals surface area contributed by atoms with Crippen LogP contribution in [0.5, 0.6) is 11.5 Å². The molecule has 2 atom stereocenters. The molecule has 540 valence electrons. The molecule has 2 unspecified atom stereocenters. The number of likely N-dealkylation sites (N-methyl/N-ethyl adjacent to an activating group) is 2. The predicted molar refractivity (Wildman–Crippen MR) is 426 cm³/mol. The van der Waals surface area contributed by atoms with Crippen LogP contribution in [0.1, 0.15) is 92.0 Å². The first kappa shape index (κ1) is 77.0. The van der Waals surface area contributed by atoms with E-state index in [9.17, 15) is 13.6 Å². The summed E-state index contributed by atoms with van der Waals surface area (Å²) in [4.78, 5) is 28.3. The fraction of sp³-hybridized carbons (Fsp3) is 0.293. The Bertz CT molecular complexity index is 4150. The second-order valence-electron chi connectivity index (χ2n) is 27.4. The molecule has 4 heterocycles. The summed E-state index contributed by atoms with van der Waals surface area (Å²) in [5.74, 6) is 2.09. The summed E-state index contributed by atoms with van der Waals surface area (Å²) in [6.45, 7) is 28.7. The van der Waals surface area contributed by atoms with Crippen LogP contribution in [0.3, 0.4) is 0 Å². The number of carbonyl (C=O) groups is 1. The molecular formula is C92H105F2N7O3. The first-order valence-corrected chi connectivity index (χ1v) is 36.7. The molecule has 2 saturated heterocycles. The molecule has 4 aliphatic rings. The maximum atomic E-state index is 13.3. The molecule has 104 heavy (non-hydrogen) atoms. The third-order valence-electron chi connectivity index (χ3n) is 20.3. The second-order valence-corrected chi connectivity index (χ2v) is 27.4. The van der Waals surface area contributed by atoms with Gasteiger partial charge < -0.3 is 19.3 Å². The van der Waals surface area contributed by atoms with Gasteiger partial charge in [0.1, 0.15) is 23.1 Å². The van der Waals surface area contributed by atoms with E-state index in [4.69, 9.17) is 9.47 Å². The van der Waals surface area contributed by atoms with Crippen LogP contribution in [0.2, 0.25) is 0 Å². The minimum Gasteiger partial charge on any atom is -0.497 e. The topological polar surface area (TPSA) is 58.2 Å². The van der Waals surface area contributed by atoms with Crippen LogP contribution in [-0.4, -0.2) is 167 Å². The van der Waals surface area contributed by atoms with Crippen LogP contribution < -0.4 is 9.47 Å². The van der Waals surface area contributed by atoms with E-state index >= 15 is 0 Å². The van der Waals surface area contributed by atoms with Gasteiger partial charge in [0.05, 0.1) is 26.3 Å². The minimum atomic E-state index is -0.243. The lowest BCUT2D eigenvalue weighted by molar-refractivity contribution is -0.128. The number of nitrogens with zero attached hydrogens (tertiary/aromatic N) is 7. The van der Waals surface area contributed by atoms with E-state index in [1.807, 2.05) is 59.5 Å². The van der Waals surface area contributed by atoms with E-state index in [-0.39, 0.29) is 29.5 Å². The number of halogens is 2. The van der Waals surface area contributed by atoms with Gasteiger partial charge in [0.25, 0.3) is 0 Å². The number of hydrogen-bond acceptors (Lipinski definition) is 9. The Morgan fingerprint density at radius 2 is 0.894 bits per heavy atom. The van der Waals surface area contributed by atoms with Gasteiger partial charge in [-0.3, -0.25) is 29.3 Å². The summed E-state index contributed by atoms with van der Waals surface area (Å²) in [5, 5.41) is 2.66. The fourth-order valence-electron chi connectivity index (χ4n) is 14.8. The lowest BCUT2D eigenvalue weighted by atomic mass is 9.88. The highest BCUT2D eigenvalue weighted by Crippen LogP contribution is 2.37. The second kappa shape index (κ2) is 39.9. The molecule has 14 rings (SSSR count). The molecule has 1 amide bonds. The van der Waals surface area contributed by atoms with E-state index in [2.05, 4.69) is 251 Å². The average molecular weight is 1390 g/mol. The van der Waals surface area contributed by atoms with Gasteiger partial charge in [-0.05, 0) is 147 Å². The Morgan fingerprint density at radius 1 is 0.481 bits per heavy atom. The van der Waals surface area contributed by atoms with Gasteiger partial charge >= 0.3 is 0 Å². The average Bonchev–Trinajstić information content (AvgIpc) is 1.49. The monoisotopic (exact) mass is 1390 g/mol. The highest BCUT2D eigenvalue weighted by molar-refractivity contribution is 5.85. The fourth-order valence-corrected chi connectivity index (χ4v) is 14.8. The summed E-state index contributed by atoms with van der Waals surface area (Å²) in [7, 11) is 7.75. The number of piperazine rings is 2. The van der Waals surface area contributed by atoms with Crippen LogP contribution >= 0.6 is 0 Å². The van der Waals surface area contributed by atoms with E-state index < -0.39 is 0 Å². The molecule has 4 aliphatic heterocycles. The van der Waals surface area contributed by atoms with E-state index in [1.54, 1.807) is 21.1 Å². The number of methoxy groups -OCH3 is 2. The number of rotatable bonds is 18. The van der Waals surface area contributed by atoms with E-state index in [1.165, 1.54) is 85.1 Å². The summed E-state index contributed by atoms with van der Waals surface area (Å²) >= 11 is 0. The Hall–Kier alpha value is -9.63. The zero-order chi connectivity index (χ0) is 73.0. The number of benzene rings is 10. The van der Waals surface area contributed by atoms with Crippen molar-refractivity contribution < 1.29 is 23.0 Å². The van der Waals surface area contributed by atoms with Gasteiger partial charge in [-0.1, -0.05) is 218 Å². The molecule has 0 N–H and O–H groups in total. The molecule has 12 heteroatoms. The maximum Gasteiger partial charge on any atom is 0.219 e. The normalized spacial score (nSPS) is 16.4. The van der Waals surface area contributed by atoms with Crippen molar-refractivity contribution in [3.05, 3.63) is 360 Å². The van der Waals surface area contributed by atoms with Crippen LogP contribution in [0.4, 0.5) is 8.78 Å². The van der Waals surface area contributed by atoms with Crippen molar-refractivity contribution in [2.75, 3.05) is 126 Å². The van der Waals surface area contributed by atoms with Crippen LogP contribution in [-0.2, 0) is 24.2 Å². The van der Waals surface area contributed by atoms with Crippen LogP contribution in [0.15, 0.2) is 287 Å². The molecule has 10 nitrogen and oxygen atoms in total. The quantitative estimate of drug-likeness (QED) is 0.0782. The SMILES string of the molecule is C=CCN(C)Cc1cccc2ccccc12.C=CCN1CCN(C(c2ccc(F)cc2)c2ccc(F)cc2)CC1.C=CCN1CCN(C(c2ccccc2)c2ccccc2)CC1.COc1ccc2c(c1)C(c1ccccc1)CN(C(C)=O)CC2.COc1ccc2c(c1)C(c1ccccc1)CN(C)CC2. The van der Waals surface area contributed by atoms with Crippen molar-refractivity contribution in [2.24, 2.45) is 0 Å². The van der Waals surface area contributed by atoms with Gasteiger partial charge in [-0.25, -0.2) is 8.78 Å². The smallest absolute Gasteiger partial charge is 0.219 e. The van der Waals surface area contributed by atoms with Gasteiger partial charge in [0.15, 0.2) is 0 Å². The molecule has 0 aromatic heterocycles. The Labute approximate surface area is 618 Å². The molecule has 0 radical (unpaired) electrons. The van der Waals surface area contributed by atoms with Gasteiger partial charge in [-0.15, -0.1) is 19.7 Å². The predicted octanol–water partition coefficient (Wildman–Crippen LogP) is 17.4. The number of hydrogen-bond donors (Lipinski definition) is 0. The lowest BCUT2D eigenvalue weighted by Gasteiger charge is -2.39. The number of carbonyl (C=O) groups excluding carboxylic acids is 1. The van der Waals surface area contributed by atoms with E-state index in [0.717, 1.165) is 140 Å². The van der Waals surface area contributed by atoms with Crippen molar-refractivity contribution >= 4 is 16.7 Å². The summed E-state index contributed by atoms with van der Waals surface area (Å²) in [6.07, 6.45) is 7.86. The third kappa shape index (κ3) is 21.7.